The molecule has 4 fully saturated rings. The zero-order valence-corrected chi connectivity index (χ0v) is 35.4. The number of halogens is 2. The van der Waals surface area contributed by atoms with Crippen LogP contribution in [0.1, 0.15) is 77.4 Å². The van der Waals surface area contributed by atoms with Gasteiger partial charge in [0.2, 0.25) is 23.5 Å². The molecule has 63 heavy (non-hydrogen) atoms. The smallest absolute Gasteiger partial charge is 0.301 e. The van der Waals surface area contributed by atoms with Gasteiger partial charge in [-0.25, -0.2) is 13.8 Å². The summed E-state index contributed by atoms with van der Waals surface area (Å²) in [6.45, 7) is 5.20. The molecule has 6 heterocycles. The number of likely N-dealkylation sites (tertiary alicyclic amines) is 1. The summed E-state index contributed by atoms with van der Waals surface area (Å²) in [5.41, 5.74) is 3.60. The molecule has 4 aliphatic heterocycles. The predicted octanol–water partition coefficient (Wildman–Crippen LogP) is 5.54. The molecule has 17 heteroatoms. The summed E-state index contributed by atoms with van der Waals surface area (Å²) >= 11 is 0. The zero-order chi connectivity index (χ0) is 43.8. The van der Waals surface area contributed by atoms with Crippen LogP contribution < -0.4 is 14.9 Å². The van der Waals surface area contributed by atoms with Crippen molar-refractivity contribution in [3.8, 4) is 11.1 Å². The SMILES string of the molecule is O=C1CCC(c2ccc(C3CCN(CC(=O)N4CCN(c5ccc(-c6cnc7[nH]cc(C(=O)c8c(F)ccc(NS(=O)(=O)N9CCCC9)c8F)c7c6)cc5)CC4)CC3)cc2)C(=O)N1. The standard InChI is InChI=1S/C46H48F2N8O6S/c47-38-12-13-39(52-63(61,62)56-17-1-2-18-56)43(48)42(38)44(59)37-27-50-45-36(37)25-33(26-49-45)30-7-9-34(10-8-30)54-21-23-55(24-22-54)41(58)28-53-19-15-31(16-20-53)29-3-5-32(6-4-29)35-11-14-40(57)51-46(35)60/h3-10,12-13,25-27,31,35,52H,1-2,11,14-24,28H2,(H,49,50)(H,51,57,60). The number of carbonyl (C=O) groups excluding carboxylic acids is 4. The molecule has 1 unspecified atom stereocenters. The normalized spacial score (nSPS) is 19.4. The lowest BCUT2D eigenvalue weighted by molar-refractivity contribution is -0.134. The lowest BCUT2D eigenvalue weighted by atomic mass is 9.86. The van der Waals surface area contributed by atoms with Crippen LogP contribution in [0.4, 0.5) is 20.2 Å². The van der Waals surface area contributed by atoms with Gasteiger partial charge < -0.3 is 14.8 Å². The summed E-state index contributed by atoms with van der Waals surface area (Å²) in [7, 11) is -4.09. The van der Waals surface area contributed by atoms with E-state index in [-0.39, 0.29) is 42.3 Å². The number of hydrogen-bond donors (Lipinski definition) is 3. The first-order chi connectivity index (χ1) is 30.4. The Morgan fingerprint density at radius 1 is 0.810 bits per heavy atom. The second kappa shape index (κ2) is 17.6. The minimum absolute atomic E-state index is 0.0131. The minimum atomic E-state index is -4.09. The number of hydrogen-bond acceptors (Lipinski definition) is 9. The highest BCUT2D eigenvalue weighted by molar-refractivity contribution is 7.90. The monoisotopic (exact) mass is 878 g/mol. The van der Waals surface area contributed by atoms with Crippen LogP contribution >= 0.6 is 0 Å². The van der Waals surface area contributed by atoms with Gasteiger partial charge in [-0.3, -0.25) is 34.1 Å². The van der Waals surface area contributed by atoms with Gasteiger partial charge in [-0.05, 0) is 98.1 Å². The fourth-order valence-electron chi connectivity index (χ4n) is 9.26. The lowest BCUT2D eigenvalue weighted by Gasteiger charge is -2.38. The number of piperidine rings is 2. The van der Waals surface area contributed by atoms with Gasteiger partial charge in [0.1, 0.15) is 11.5 Å². The van der Waals surface area contributed by atoms with Gasteiger partial charge in [0, 0.05) is 80.3 Å². The topological polar surface area (TPSA) is 168 Å². The molecule has 328 valence electrons. The van der Waals surface area contributed by atoms with Crippen molar-refractivity contribution in [1.29, 1.82) is 0 Å². The average molecular weight is 879 g/mol. The van der Waals surface area contributed by atoms with Gasteiger partial charge in [-0.15, -0.1) is 0 Å². The van der Waals surface area contributed by atoms with Gasteiger partial charge in [0.25, 0.3) is 0 Å². The van der Waals surface area contributed by atoms with Crippen LogP contribution in [0.2, 0.25) is 0 Å². The quantitative estimate of drug-likeness (QED) is 0.114. The van der Waals surface area contributed by atoms with Crippen molar-refractivity contribution in [1.82, 2.24) is 29.4 Å². The molecule has 0 radical (unpaired) electrons. The van der Waals surface area contributed by atoms with Crippen molar-refractivity contribution >= 4 is 56.1 Å². The maximum Gasteiger partial charge on any atom is 0.301 e. The summed E-state index contributed by atoms with van der Waals surface area (Å²) in [4.78, 5) is 64.7. The molecule has 5 aromatic rings. The number of imide groups is 1. The number of benzene rings is 3. The molecule has 0 spiro atoms. The van der Waals surface area contributed by atoms with E-state index in [0.29, 0.717) is 80.9 Å². The summed E-state index contributed by atoms with van der Waals surface area (Å²) in [5.74, 6) is -3.59. The Kier molecular flexibility index (Phi) is 11.8. The van der Waals surface area contributed by atoms with Crippen LogP contribution in [0.25, 0.3) is 22.2 Å². The number of aromatic nitrogens is 2. The van der Waals surface area contributed by atoms with Crippen molar-refractivity contribution in [2.75, 3.05) is 68.5 Å². The van der Waals surface area contributed by atoms with E-state index in [1.165, 1.54) is 16.1 Å². The van der Waals surface area contributed by atoms with Crippen LogP contribution in [-0.4, -0.2) is 115 Å². The molecule has 4 saturated heterocycles. The summed E-state index contributed by atoms with van der Waals surface area (Å²) in [6, 6.07) is 19.6. The van der Waals surface area contributed by atoms with E-state index in [2.05, 4.69) is 41.9 Å². The predicted molar refractivity (Wildman–Crippen MR) is 233 cm³/mol. The first-order valence-corrected chi connectivity index (χ1v) is 22.9. The molecule has 2 aromatic heterocycles. The molecule has 1 atom stereocenters. The maximum absolute atomic E-state index is 15.7. The number of nitrogens with zero attached hydrogens (tertiary/aromatic N) is 5. The van der Waals surface area contributed by atoms with E-state index in [4.69, 9.17) is 0 Å². The largest absolute Gasteiger partial charge is 0.368 e. The summed E-state index contributed by atoms with van der Waals surface area (Å²) < 4.78 is 59.8. The number of nitrogens with one attached hydrogen (secondary N) is 3. The van der Waals surface area contributed by atoms with Crippen molar-refractivity contribution < 1.29 is 36.4 Å². The summed E-state index contributed by atoms with van der Waals surface area (Å²) in [5, 5.41) is 2.79. The van der Waals surface area contributed by atoms with E-state index < -0.39 is 38.9 Å². The second-order valence-corrected chi connectivity index (χ2v) is 18.5. The third kappa shape index (κ3) is 8.81. The van der Waals surface area contributed by atoms with E-state index in [1.807, 2.05) is 41.3 Å². The third-order valence-electron chi connectivity index (χ3n) is 12.9. The van der Waals surface area contributed by atoms with Crippen molar-refractivity contribution in [2.45, 2.75) is 50.4 Å². The Bertz CT molecular complexity index is 2670. The Morgan fingerprint density at radius 2 is 1.51 bits per heavy atom. The number of ketones is 1. The van der Waals surface area contributed by atoms with Gasteiger partial charge in [-0.2, -0.15) is 12.7 Å². The third-order valence-corrected chi connectivity index (χ3v) is 14.5. The molecule has 0 aliphatic carbocycles. The van der Waals surface area contributed by atoms with Gasteiger partial charge >= 0.3 is 10.2 Å². The van der Waals surface area contributed by atoms with E-state index >= 15 is 8.78 Å². The number of rotatable bonds is 11. The first-order valence-electron chi connectivity index (χ1n) is 21.5. The Hall–Kier alpha value is -6.04. The van der Waals surface area contributed by atoms with Crippen LogP contribution in [0, 0.1) is 11.6 Å². The zero-order valence-electron chi connectivity index (χ0n) is 34.6. The van der Waals surface area contributed by atoms with E-state index in [1.54, 1.807) is 12.3 Å². The first kappa shape index (κ1) is 42.3. The molecule has 0 bridgehead atoms. The lowest BCUT2D eigenvalue weighted by Crippen LogP contribution is -2.51. The molecule has 14 nitrogen and oxygen atoms in total. The number of piperazine rings is 1. The second-order valence-electron chi connectivity index (χ2n) is 16.8. The van der Waals surface area contributed by atoms with Crippen LogP contribution in [0.15, 0.2) is 79.1 Å². The van der Waals surface area contributed by atoms with Crippen LogP contribution in [0.3, 0.4) is 0 Å². The molecular weight excluding hydrogens is 831 g/mol. The minimum Gasteiger partial charge on any atom is -0.368 e. The molecule has 3 N–H and O–H groups in total. The number of H-pyrrole nitrogens is 1. The Balaban J connectivity index is 0.782. The molecular formula is C46H48F2N8O6S. The number of pyridine rings is 1. The number of aromatic amines is 1. The summed E-state index contributed by atoms with van der Waals surface area (Å²) in [6.07, 6.45) is 7.13. The van der Waals surface area contributed by atoms with Crippen molar-refractivity contribution in [3.63, 3.8) is 0 Å². The van der Waals surface area contributed by atoms with Crippen LogP contribution in [-0.2, 0) is 24.6 Å². The highest BCUT2D eigenvalue weighted by Crippen LogP contribution is 2.33. The highest BCUT2D eigenvalue weighted by Gasteiger charge is 2.32. The molecule has 3 amide bonds. The number of carbonyl (C=O) groups is 4. The highest BCUT2D eigenvalue weighted by atomic mass is 32.2. The average Bonchev–Trinajstić information content (AvgIpc) is 4.00. The number of fused-ring (bicyclic) bond motifs is 1. The van der Waals surface area contributed by atoms with E-state index in [9.17, 15) is 27.6 Å². The van der Waals surface area contributed by atoms with Crippen LogP contribution in [0.5, 0.6) is 0 Å². The molecule has 4 aliphatic rings. The van der Waals surface area contributed by atoms with Crippen molar-refractivity contribution in [2.24, 2.45) is 0 Å². The molecule has 9 rings (SSSR count). The molecule has 0 saturated carbocycles. The van der Waals surface area contributed by atoms with Gasteiger partial charge in [-0.1, -0.05) is 36.4 Å². The molecule has 3 aromatic carbocycles. The van der Waals surface area contributed by atoms with Gasteiger partial charge in [0.15, 0.2) is 5.82 Å². The Morgan fingerprint density at radius 3 is 2.21 bits per heavy atom. The number of anilines is 2. The van der Waals surface area contributed by atoms with Gasteiger partial charge in [0.05, 0.1) is 23.7 Å². The number of amides is 3. The Labute approximate surface area is 363 Å². The fraction of sp³-hybridized carbons (Fsp3) is 0.370. The van der Waals surface area contributed by atoms with E-state index in [0.717, 1.165) is 54.9 Å². The fourth-order valence-corrected chi connectivity index (χ4v) is 10.6. The maximum atomic E-state index is 15.7. The van der Waals surface area contributed by atoms with Crippen molar-refractivity contribution in [3.05, 3.63) is 113 Å².